The molecule has 2 aliphatic rings. The van der Waals surface area contributed by atoms with Crippen molar-refractivity contribution in [3.05, 3.63) is 46.2 Å². The number of likely N-dealkylation sites (tertiary alicyclic amines) is 1. The maximum atomic E-state index is 13.4. The van der Waals surface area contributed by atoms with Crippen LogP contribution in [0.15, 0.2) is 35.1 Å². The first-order valence-electron chi connectivity index (χ1n) is 12.2. The van der Waals surface area contributed by atoms with Gasteiger partial charge in [-0.15, -0.1) is 0 Å². The van der Waals surface area contributed by atoms with Crippen LogP contribution in [0.2, 0.25) is 0 Å². The molecule has 0 bridgehead atoms. The molecule has 1 aliphatic carbocycles. The number of piperidine rings is 1. The molecule has 4 nitrogen and oxygen atoms in total. The van der Waals surface area contributed by atoms with Crippen molar-refractivity contribution in [3.8, 4) is 0 Å². The van der Waals surface area contributed by atoms with Gasteiger partial charge in [0, 0.05) is 30.2 Å². The molecule has 30 heavy (non-hydrogen) atoms. The van der Waals surface area contributed by atoms with Gasteiger partial charge in [-0.3, -0.25) is 9.69 Å². The van der Waals surface area contributed by atoms with Crippen molar-refractivity contribution in [1.29, 1.82) is 0 Å². The fraction of sp³-hybridized carbons (Fsp3) is 0.654. The normalized spacial score (nSPS) is 27.7. The summed E-state index contributed by atoms with van der Waals surface area (Å²) < 4.78 is 2.04. The molecule has 2 heterocycles. The van der Waals surface area contributed by atoms with E-state index in [1.54, 1.807) is 0 Å². The molecule has 1 aliphatic heterocycles. The van der Waals surface area contributed by atoms with Crippen LogP contribution in [0.4, 0.5) is 0 Å². The lowest BCUT2D eigenvalue weighted by Crippen LogP contribution is -2.44. The summed E-state index contributed by atoms with van der Waals surface area (Å²) in [5.74, 6) is 0.324. The number of rotatable bonds is 7. The molecule has 0 amide bonds. The number of unbranched alkanes of at least 4 members (excludes halogenated alkanes) is 2. The molecule has 164 valence electrons. The monoisotopic (exact) mass is 409 g/mol. The van der Waals surface area contributed by atoms with Gasteiger partial charge >= 0.3 is 0 Å². The summed E-state index contributed by atoms with van der Waals surface area (Å²) in [7, 11) is 0. The summed E-state index contributed by atoms with van der Waals surface area (Å²) in [6.07, 6.45) is 10.5. The second-order valence-electron chi connectivity index (χ2n) is 9.81. The topological polar surface area (TPSA) is 51.3 Å². The quantitative estimate of drug-likeness (QED) is 0.653. The zero-order valence-electron chi connectivity index (χ0n) is 18.9. The van der Waals surface area contributed by atoms with E-state index in [0.29, 0.717) is 5.92 Å². The van der Waals surface area contributed by atoms with E-state index >= 15 is 0 Å². The predicted molar refractivity (Wildman–Crippen MR) is 126 cm³/mol. The Balaban J connectivity index is 1.43. The highest BCUT2D eigenvalue weighted by Gasteiger charge is 2.26. The van der Waals surface area contributed by atoms with Gasteiger partial charge in [0.25, 0.3) is 5.56 Å². The highest BCUT2D eigenvalue weighted by Crippen LogP contribution is 2.33. The van der Waals surface area contributed by atoms with Gasteiger partial charge in [-0.25, -0.2) is 0 Å². The van der Waals surface area contributed by atoms with Gasteiger partial charge in [0.05, 0.1) is 5.52 Å². The third-order valence-corrected chi connectivity index (χ3v) is 7.62. The lowest BCUT2D eigenvalue weighted by molar-refractivity contribution is 0.101. The van der Waals surface area contributed by atoms with Crippen molar-refractivity contribution in [1.82, 2.24) is 9.47 Å². The summed E-state index contributed by atoms with van der Waals surface area (Å²) in [5.41, 5.74) is 8.42. The van der Waals surface area contributed by atoms with Crippen LogP contribution in [0.1, 0.15) is 83.1 Å². The van der Waals surface area contributed by atoms with E-state index in [4.69, 9.17) is 5.73 Å². The largest absolute Gasteiger partial charge is 0.328 e. The van der Waals surface area contributed by atoms with Gasteiger partial charge < -0.3 is 10.3 Å². The van der Waals surface area contributed by atoms with E-state index in [9.17, 15) is 4.79 Å². The Bertz CT molecular complexity index is 895. The Morgan fingerprint density at radius 3 is 2.43 bits per heavy atom. The number of pyridine rings is 1. The molecule has 2 N–H and O–H groups in total. The third-order valence-electron chi connectivity index (χ3n) is 7.62. The van der Waals surface area contributed by atoms with Gasteiger partial charge in [-0.05, 0) is 88.8 Å². The Morgan fingerprint density at radius 1 is 0.967 bits per heavy atom. The Kier molecular flexibility index (Phi) is 6.94. The Labute approximate surface area is 181 Å². The second kappa shape index (κ2) is 9.65. The number of benzene rings is 1. The molecular formula is C26H39N3O. The fourth-order valence-corrected chi connectivity index (χ4v) is 5.82. The Morgan fingerprint density at radius 2 is 1.70 bits per heavy atom. The first-order chi connectivity index (χ1) is 14.5. The van der Waals surface area contributed by atoms with Crippen molar-refractivity contribution in [2.45, 2.75) is 102 Å². The molecule has 2 aromatic rings. The summed E-state index contributed by atoms with van der Waals surface area (Å²) >= 11 is 0. The molecule has 4 rings (SSSR count). The first-order valence-corrected chi connectivity index (χ1v) is 12.2. The number of hydrogen-bond donors (Lipinski definition) is 1. The summed E-state index contributed by atoms with van der Waals surface area (Å²) in [5, 5.41) is 1.18. The van der Waals surface area contributed by atoms with E-state index in [0.717, 1.165) is 55.4 Å². The zero-order valence-corrected chi connectivity index (χ0v) is 18.9. The maximum Gasteiger partial charge on any atom is 0.254 e. The van der Waals surface area contributed by atoms with E-state index < -0.39 is 0 Å². The van der Waals surface area contributed by atoms with Gasteiger partial charge in [0.15, 0.2) is 0 Å². The third kappa shape index (κ3) is 4.65. The maximum absolute atomic E-state index is 13.4. The van der Waals surface area contributed by atoms with E-state index in [-0.39, 0.29) is 11.6 Å². The van der Waals surface area contributed by atoms with Crippen LogP contribution in [0, 0.1) is 0 Å². The van der Waals surface area contributed by atoms with Crippen molar-refractivity contribution < 1.29 is 0 Å². The van der Waals surface area contributed by atoms with Crippen molar-refractivity contribution in [2.75, 3.05) is 6.54 Å². The molecule has 2 fully saturated rings. The lowest BCUT2D eigenvalue weighted by Gasteiger charge is -2.39. The summed E-state index contributed by atoms with van der Waals surface area (Å²) in [6.45, 7) is 6.76. The Hall–Kier alpha value is -1.65. The van der Waals surface area contributed by atoms with E-state index in [1.807, 2.05) is 10.6 Å². The molecular weight excluding hydrogens is 370 g/mol. The molecule has 1 saturated heterocycles. The highest BCUT2D eigenvalue weighted by atomic mass is 16.1. The number of para-hydroxylation sites is 1. The molecule has 1 saturated carbocycles. The van der Waals surface area contributed by atoms with Crippen LogP contribution in [0.5, 0.6) is 0 Å². The smallest absolute Gasteiger partial charge is 0.254 e. The second-order valence-corrected chi connectivity index (χ2v) is 9.81. The first kappa shape index (κ1) is 21.6. The van der Waals surface area contributed by atoms with Crippen LogP contribution < -0.4 is 11.3 Å². The zero-order chi connectivity index (χ0) is 21.1. The summed E-state index contributed by atoms with van der Waals surface area (Å²) in [4.78, 5) is 16.1. The van der Waals surface area contributed by atoms with Crippen molar-refractivity contribution >= 4 is 10.9 Å². The molecule has 4 unspecified atom stereocenters. The van der Waals surface area contributed by atoms with Crippen molar-refractivity contribution in [3.63, 3.8) is 0 Å². The van der Waals surface area contributed by atoms with Crippen LogP contribution >= 0.6 is 0 Å². The average Bonchev–Trinajstić information content (AvgIpc) is 3.16. The highest BCUT2D eigenvalue weighted by molar-refractivity contribution is 5.79. The molecule has 0 spiro atoms. The lowest BCUT2D eigenvalue weighted by atomic mass is 9.96. The van der Waals surface area contributed by atoms with E-state index in [1.165, 1.54) is 44.0 Å². The number of hydrogen-bond acceptors (Lipinski definition) is 3. The minimum Gasteiger partial charge on any atom is -0.328 e. The van der Waals surface area contributed by atoms with Crippen molar-refractivity contribution in [2.24, 2.45) is 5.73 Å². The molecule has 4 heteroatoms. The minimum absolute atomic E-state index is 0.214. The number of aryl methyl sites for hydroxylation is 1. The number of fused-ring (bicyclic) bond motifs is 1. The molecule has 1 aromatic heterocycles. The number of nitrogens with two attached hydrogens (primary N) is 1. The van der Waals surface area contributed by atoms with Gasteiger partial charge in [-0.2, -0.15) is 0 Å². The predicted octanol–water partition coefficient (Wildman–Crippen LogP) is 5.03. The molecule has 4 atom stereocenters. The van der Waals surface area contributed by atoms with Gasteiger partial charge in [0.1, 0.15) is 0 Å². The fourth-order valence-electron chi connectivity index (χ4n) is 5.82. The standard InChI is InChI=1S/C26H39N3O/c1-19-9-8-10-20(2)28(19)15-6-3-7-16-29-25-12-5-4-11-22(25)18-24(26(29)30)21-13-14-23(27)17-21/h4-5,11-12,18-21,23H,3,6-10,13-17,27H2,1-2H3. The SMILES string of the molecule is CC1CCCC(C)N1CCCCCn1c(=O)c(C2CCC(N)C2)cc2ccccc21. The average molecular weight is 410 g/mol. The van der Waals surface area contributed by atoms with Gasteiger partial charge in [-0.1, -0.05) is 31.0 Å². The van der Waals surface area contributed by atoms with E-state index in [2.05, 4.69) is 43.0 Å². The minimum atomic E-state index is 0.214. The van der Waals surface area contributed by atoms with Crippen LogP contribution in [-0.4, -0.2) is 34.1 Å². The molecule has 0 radical (unpaired) electrons. The number of nitrogens with zero attached hydrogens (tertiary/aromatic N) is 2. The van der Waals surface area contributed by atoms with Crippen LogP contribution in [0.25, 0.3) is 10.9 Å². The molecule has 1 aromatic carbocycles. The van der Waals surface area contributed by atoms with Gasteiger partial charge in [0.2, 0.25) is 0 Å². The number of aromatic nitrogens is 1. The van der Waals surface area contributed by atoms with Crippen LogP contribution in [-0.2, 0) is 6.54 Å². The van der Waals surface area contributed by atoms with Crippen LogP contribution in [0.3, 0.4) is 0 Å². The summed E-state index contributed by atoms with van der Waals surface area (Å²) in [6, 6.07) is 12.2.